The number of aryl methyl sites for hydroxylation is 2. The van der Waals surface area contributed by atoms with Crippen molar-refractivity contribution in [3.8, 4) is 5.75 Å². The van der Waals surface area contributed by atoms with Gasteiger partial charge in [-0.25, -0.2) is 0 Å². The number of hydrogen-bond donors (Lipinski definition) is 1. The van der Waals surface area contributed by atoms with Crippen molar-refractivity contribution in [3.05, 3.63) is 39.7 Å². The van der Waals surface area contributed by atoms with Gasteiger partial charge in [0.05, 0.1) is 23.6 Å². The average Bonchev–Trinajstić information content (AvgIpc) is 2.43. The zero-order valence-electron chi connectivity index (χ0n) is 10.8. The van der Waals surface area contributed by atoms with E-state index in [1.54, 1.807) is 4.57 Å². The number of aliphatic hydroxyl groups excluding tert-OH is 1. The van der Waals surface area contributed by atoms with Gasteiger partial charge in [0.15, 0.2) is 5.75 Å². The maximum Gasteiger partial charge on any atom is 0.314 e. The van der Waals surface area contributed by atoms with Crippen molar-refractivity contribution in [1.82, 2.24) is 4.57 Å². The molecule has 0 saturated carbocycles. The van der Waals surface area contributed by atoms with E-state index in [2.05, 4.69) is 0 Å². The summed E-state index contributed by atoms with van der Waals surface area (Å²) in [4.78, 5) is 24.1. The Kier molecular flexibility index (Phi) is 2.29. The molecule has 1 aromatic heterocycles. The standard InChI is InChI=1S/C15H13NO4/c17-10-7-11(18)20-14-9-5-1-3-8-4-2-6-16(13(8)9)15(19)12(10)14/h1,3,5,10,17H,2,4,6-7H2. The second kappa shape index (κ2) is 3.93. The lowest BCUT2D eigenvalue weighted by atomic mass is 9.96. The molecule has 0 aliphatic carbocycles. The van der Waals surface area contributed by atoms with Gasteiger partial charge in [-0.1, -0.05) is 12.1 Å². The van der Waals surface area contributed by atoms with Gasteiger partial charge in [-0.05, 0) is 24.5 Å². The number of pyridine rings is 1. The first-order chi connectivity index (χ1) is 9.66. The van der Waals surface area contributed by atoms with Gasteiger partial charge in [0.1, 0.15) is 0 Å². The minimum atomic E-state index is -1.07. The summed E-state index contributed by atoms with van der Waals surface area (Å²) in [6.45, 7) is 0.639. The molecule has 1 aromatic carbocycles. The van der Waals surface area contributed by atoms with Crippen molar-refractivity contribution in [2.45, 2.75) is 31.9 Å². The van der Waals surface area contributed by atoms with Crippen LogP contribution in [0.5, 0.6) is 5.75 Å². The number of nitrogens with zero attached hydrogens (tertiary/aromatic N) is 1. The monoisotopic (exact) mass is 271 g/mol. The van der Waals surface area contributed by atoms with Crippen LogP contribution < -0.4 is 10.3 Å². The molecule has 0 fully saturated rings. The molecule has 20 heavy (non-hydrogen) atoms. The SMILES string of the molecule is O=C1CC(O)c2c(c3cccc4c3n(c2=O)CCC4)O1. The van der Waals surface area contributed by atoms with E-state index in [0.29, 0.717) is 6.54 Å². The summed E-state index contributed by atoms with van der Waals surface area (Å²) < 4.78 is 6.97. The summed E-state index contributed by atoms with van der Waals surface area (Å²) in [5.74, 6) is -0.250. The third kappa shape index (κ3) is 1.41. The highest BCUT2D eigenvalue weighted by Crippen LogP contribution is 2.38. The Morgan fingerprint density at radius 2 is 2.15 bits per heavy atom. The summed E-state index contributed by atoms with van der Waals surface area (Å²) in [7, 11) is 0. The van der Waals surface area contributed by atoms with Gasteiger partial charge in [-0.2, -0.15) is 0 Å². The molecule has 2 aliphatic rings. The fraction of sp³-hybridized carbons (Fsp3) is 0.333. The van der Waals surface area contributed by atoms with E-state index in [1.165, 1.54) is 0 Å². The number of ether oxygens (including phenoxy) is 1. The van der Waals surface area contributed by atoms with Gasteiger partial charge in [0.25, 0.3) is 5.56 Å². The normalized spacial score (nSPS) is 20.6. The van der Waals surface area contributed by atoms with Gasteiger partial charge in [-0.15, -0.1) is 0 Å². The zero-order valence-corrected chi connectivity index (χ0v) is 10.8. The van der Waals surface area contributed by atoms with E-state index in [-0.39, 0.29) is 23.3 Å². The molecule has 1 N–H and O–H groups in total. The molecule has 0 spiro atoms. The van der Waals surface area contributed by atoms with Gasteiger partial charge in [0.2, 0.25) is 0 Å². The number of hydrogen-bond acceptors (Lipinski definition) is 4. The predicted molar refractivity (Wildman–Crippen MR) is 71.7 cm³/mol. The van der Waals surface area contributed by atoms with Crippen LogP contribution >= 0.6 is 0 Å². The Balaban J connectivity index is 2.20. The number of para-hydroxylation sites is 1. The molecular weight excluding hydrogens is 258 g/mol. The van der Waals surface area contributed by atoms with Crippen molar-refractivity contribution in [2.75, 3.05) is 0 Å². The third-order valence-electron chi connectivity index (χ3n) is 4.09. The molecule has 3 heterocycles. The van der Waals surface area contributed by atoms with Crippen molar-refractivity contribution >= 4 is 16.9 Å². The molecule has 5 heteroatoms. The van der Waals surface area contributed by atoms with Crippen molar-refractivity contribution in [1.29, 1.82) is 0 Å². The van der Waals surface area contributed by atoms with Gasteiger partial charge in [0, 0.05) is 11.9 Å². The number of carbonyl (C=O) groups is 1. The molecule has 0 radical (unpaired) electrons. The van der Waals surface area contributed by atoms with E-state index in [4.69, 9.17) is 4.74 Å². The minimum Gasteiger partial charge on any atom is -0.425 e. The summed E-state index contributed by atoms with van der Waals surface area (Å²) in [5.41, 5.74) is 1.91. The smallest absolute Gasteiger partial charge is 0.314 e. The summed E-state index contributed by atoms with van der Waals surface area (Å²) in [6, 6.07) is 5.72. The largest absolute Gasteiger partial charge is 0.425 e. The summed E-state index contributed by atoms with van der Waals surface area (Å²) in [6.07, 6.45) is 0.581. The van der Waals surface area contributed by atoms with Crippen LogP contribution in [0.15, 0.2) is 23.0 Å². The average molecular weight is 271 g/mol. The first-order valence-electron chi connectivity index (χ1n) is 6.74. The van der Waals surface area contributed by atoms with Gasteiger partial charge in [-0.3, -0.25) is 9.59 Å². The lowest BCUT2D eigenvalue weighted by Gasteiger charge is -2.26. The van der Waals surface area contributed by atoms with E-state index in [1.807, 2.05) is 18.2 Å². The molecule has 2 aliphatic heterocycles. The molecule has 4 rings (SSSR count). The van der Waals surface area contributed by atoms with Crippen molar-refractivity contribution < 1.29 is 14.6 Å². The number of esters is 1. The van der Waals surface area contributed by atoms with Crippen LogP contribution in [0.25, 0.3) is 10.9 Å². The van der Waals surface area contributed by atoms with Crippen LogP contribution in [0, 0.1) is 0 Å². The van der Waals surface area contributed by atoms with Crippen LogP contribution in [0.4, 0.5) is 0 Å². The predicted octanol–water partition coefficient (Wildman–Crippen LogP) is 1.29. The number of aliphatic hydroxyl groups is 1. The summed E-state index contributed by atoms with van der Waals surface area (Å²) >= 11 is 0. The Hall–Kier alpha value is -2.14. The fourth-order valence-electron chi connectivity index (χ4n) is 3.24. The van der Waals surface area contributed by atoms with Crippen molar-refractivity contribution in [3.63, 3.8) is 0 Å². The lowest BCUT2D eigenvalue weighted by Crippen LogP contribution is -2.33. The number of carbonyl (C=O) groups excluding carboxylic acids is 1. The molecular formula is C15H13NO4. The summed E-state index contributed by atoms with van der Waals surface area (Å²) in [5, 5.41) is 10.8. The van der Waals surface area contributed by atoms with Crippen LogP contribution in [-0.2, 0) is 17.8 Å². The van der Waals surface area contributed by atoms with Gasteiger partial charge < -0.3 is 14.4 Å². The Labute approximate surface area is 114 Å². The van der Waals surface area contributed by atoms with E-state index in [9.17, 15) is 14.7 Å². The first-order valence-corrected chi connectivity index (χ1v) is 6.74. The number of fused-ring (bicyclic) bond motifs is 2. The Bertz CT molecular complexity index is 806. The Morgan fingerprint density at radius 1 is 1.30 bits per heavy atom. The van der Waals surface area contributed by atoms with Crippen LogP contribution in [0.3, 0.4) is 0 Å². The number of rotatable bonds is 0. The molecule has 0 bridgehead atoms. The second-order valence-corrected chi connectivity index (χ2v) is 5.31. The van der Waals surface area contributed by atoms with Crippen LogP contribution in [0.1, 0.15) is 30.1 Å². The Morgan fingerprint density at radius 3 is 3.00 bits per heavy atom. The number of benzene rings is 1. The highest BCUT2D eigenvalue weighted by molar-refractivity contribution is 5.93. The minimum absolute atomic E-state index is 0.159. The molecule has 0 saturated heterocycles. The molecule has 5 nitrogen and oxygen atoms in total. The van der Waals surface area contributed by atoms with Crippen LogP contribution in [0.2, 0.25) is 0 Å². The number of aromatic nitrogens is 1. The molecule has 2 aromatic rings. The molecule has 0 amide bonds. The lowest BCUT2D eigenvalue weighted by molar-refractivity contribution is -0.138. The maximum absolute atomic E-state index is 12.6. The highest BCUT2D eigenvalue weighted by atomic mass is 16.5. The fourth-order valence-corrected chi connectivity index (χ4v) is 3.24. The van der Waals surface area contributed by atoms with Crippen LogP contribution in [-0.4, -0.2) is 15.6 Å². The molecule has 1 atom stereocenters. The van der Waals surface area contributed by atoms with Gasteiger partial charge >= 0.3 is 5.97 Å². The van der Waals surface area contributed by atoms with E-state index < -0.39 is 12.1 Å². The highest BCUT2D eigenvalue weighted by Gasteiger charge is 2.32. The first kappa shape index (κ1) is 11.7. The third-order valence-corrected chi connectivity index (χ3v) is 4.09. The van der Waals surface area contributed by atoms with E-state index >= 15 is 0 Å². The van der Waals surface area contributed by atoms with E-state index in [0.717, 1.165) is 29.3 Å². The molecule has 102 valence electrons. The van der Waals surface area contributed by atoms with Crippen molar-refractivity contribution in [2.24, 2.45) is 0 Å². The second-order valence-electron chi connectivity index (χ2n) is 5.31. The maximum atomic E-state index is 12.6. The quantitative estimate of drug-likeness (QED) is 0.733. The molecule has 1 unspecified atom stereocenters. The topological polar surface area (TPSA) is 68.5 Å². The zero-order chi connectivity index (χ0) is 13.9.